The number of nitrogens with two attached hydrogens (primary N) is 1. The van der Waals surface area contributed by atoms with Crippen molar-refractivity contribution in [3.05, 3.63) is 18.3 Å². The van der Waals surface area contributed by atoms with Crippen LogP contribution in [-0.2, 0) is 0 Å². The Labute approximate surface area is 65.1 Å². The van der Waals surface area contributed by atoms with E-state index in [1.165, 1.54) is 0 Å². The van der Waals surface area contributed by atoms with Gasteiger partial charge in [0.25, 0.3) is 5.82 Å². The quantitative estimate of drug-likeness (QED) is 0.549. The molecule has 0 saturated heterocycles. The molecule has 0 saturated carbocycles. The molecule has 0 unspecified atom stereocenters. The Bertz CT molecular complexity index is 209. The largest absolute Gasteiger partial charge is 0.396 e. The summed E-state index contributed by atoms with van der Waals surface area (Å²) in [6.45, 7) is 0.665. The number of nitrogen functional groups attached to an aromatic ring is 1. The van der Waals surface area contributed by atoms with Crippen molar-refractivity contribution in [3.63, 3.8) is 0 Å². The van der Waals surface area contributed by atoms with Crippen molar-refractivity contribution in [2.75, 3.05) is 24.2 Å². The molecule has 0 fully saturated rings. The molecular formula is C7H12N3O+. The number of pyridine rings is 1. The van der Waals surface area contributed by atoms with E-state index >= 15 is 0 Å². The van der Waals surface area contributed by atoms with E-state index in [2.05, 4.69) is 10.3 Å². The molecule has 0 aromatic carbocycles. The van der Waals surface area contributed by atoms with Crippen LogP contribution in [0.2, 0.25) is 0 Å². The van der Waals surface area contributed by atoms with Gasteiger partial charge in [-0.2, -0.15) is 0 Å². The van der Waals surface area contributed by atoms with Crippen LogP contribution in [0.3, 0.4) is 0 Å². The van der Waals surface area contributed by atoms with Gasteiger partial charge >= 0.3 is 0 Å². The lowest BCUT2D eigenvalue weighted by Gasteiger charge is -1.95. The number of aromatic nitrogens is 1. The molecule has 5 N–H and O–H groups in total. The number of H-pyrrole nitrogens is 1. The normalized spacial score (nSPS) is 9.55. The van der Waals surface area contributed by atoms with E-state index in [1.54, 1.807) is 12.3 Å². The molecule has 0 aliphatic rings. The number of rotatable bonds is 3. The first-order valence-corrected chi connectivity index (χ1v) is 3.45. The Hall–Kier alpha value is -1.29. The fraction of sp³-hybridized carbons (Fsp3) is 0.286. The summed E-state index contributed by atoms with van der Waals surface area (Å²) in [5.74, 6) is 0.855. The van der Waals surface area contributed by atoms with Crippen molar-refractivity contribution < 1.29 is 10.1 Å². The molecule has 1 aromatic heterocycles. The first-order chi connectivity index (χ1) is 5.33. The van der Waals surface area contributed by atoms with Gasteiger partial charge in [0.1, 0.15) is 12.7 Å². The Kier molecular flexibility index (Phi) is 2.68. The highest BCUT2D eigenvalue weighted by Gasteiger charge is 1.96. The van der Waals surface area contributed by atoms with Crippen LogP contribution in [0.25, 0.3) is 0 Å². The molecule has 0 spiro atoms. The van der Waals surface area contributed by atoms with Crippen molar-refractivity contribution in [2.24, 2.45) is 0 Å². The maximum absolute atomic E-state index is 8.48. The second-order valence-electron chi connectivity index (χ2n) is 2.19. The first kappa shape index (κ1) is 7.81. The van der Waals surface area contributed by atoms with E-state index in [0.717, 1.165) is 5.82 Å². The molecule has 4 heteroatoms. The summed E-state index contributed by atoms with van der Waals surface area (Å²) in [5, 5.41) is 11.4. The number of hydrogen-bond acceptors (Lipinski definition) is 3. The molecule has 4 nitrogen and oxygen atoms in total. The van der Waals surface area contributed by atoms with Gasteiger partial charge in [0, 0.05) is 6.07 Å². The average Bonchev–Trinajstić information content (AvgIpc) is 2.04. The highest BCUT2D eigenvalue weighted by atomic mass is 16.3. The standard InChI is InChI=1S/C7H11N3O/c8-6-1-2-7(10-5-6)9-3-4-11/h1-2,5,11H,3-4,8H2,(H,9,10)/p+1. The summed E-state index contributed by atoms with van der Waals surface area (Å²) in [7, 11) is 0. The molecular weight excluding hydrogens is 142 g/mol. The van der Waals surface area contributed by atoms with E-state index in [9.17, 15) is 0 Å². The fourth-order valence-electron chi connectivity index (χ4n) is 0.737. The predicted octanol–water partition coefficient (Wildman–Crippen LogP) is -0.513. The van der Waals surface area contributed by atoms with Crippen molar-refractivity contribution in [2.45, 2.75) is 0 Å². The van der Waals surface area contributed by atoms with Gasteiger partial charge in [-0.1, -0.05) is 0 Å². The highest BCUT2D eigenvalue weighted by molar-refractivity contribution is 5.38. The van der Waals surface area contributed by atoms with Crippen molar-refractivity contribution in [1.29, 1.82) is 0 Å². The van der Waals surface area contributed by atoms with Gasteiger partial charge < -0.3 is 10.8 Å². The van der Waals surface area contributed by atoms with E-state index in [1.807, 2.05) is 6.07 Å². The lowest BCUT2D eigenvalue weighted by atomic mass is 10.4. The maximum atomic E-state index is 8.48. The molecule has 0 amide bonds. The second kappa shape index (κ2) is 3.78. The van der Waals surface area contributed by atoms with Crippen LogP contribution in [0, 0.1) is 0 Å². The van der Waals surface area contributed by atoms with Gasteiger partial charge in [0.2, 0.25) is 0 Å². The van der Waals surface area contributed by atoms with E-state index in [-0.39, 0.29) is 6.61 Å². The SMILES string of the molecule is Nc1ccc(NCCO)[nH+]c1. The summed E-state index contributed by atoms with van der Waals surface area (Å²) in [6, 6.07) is 3.61. The zero-order chi connectivity index (χ0) is 8.10. The average molecular weight is 154 g/mol. The van der Waals surface area contributed by atoms with Gasteiger partial charge in [-0.25, -0.2) is 4.98 Å². The number of nitrogens with one attached hydrogen (secondary N) is 2. The summed E-state index contributed by atoms with van der Waals surface area (Å²) >= 11 is 0. The zero-order valence-corrected chi connectivity index (χ0v) is 6.17. The Morgan fingerprint density at radius 3 is 2.91 bits per heavy atom. The number of aromatic amines is 1. The van der Waals surface area contributed by atoms with Crippen molar-refractivity contribution >= 4 is 11.5 Å². The maximum Gasteiger partial charge on any atom is 0.272 e. The monoisotopic (exact) mass is 154 g/mol. The summed E-state index contributed by atoms with van der Waals surface area (Å²) in [4.78, 5) is 2.92. The molecule has 0 radical (unpaired) electrons. The van der Waals surface area contributed by atoms with Gasteiger partial charge in [-0.15, -0.1) is 0 Å². The van der Waals surface area contributed by atoms with Gasteiger partial charge in [-0.05, 0) is 6.07 Å². The smallest absolute Gasteiger partial charge is 0.272 e. The molecule has 0 aliphatic heterocycles. The van der Waals surface area contributed by atoms with Crippen LogP contribution < -0.4 is 16.0 Å². The van der Waals surface area contributed by atoms with Crippen LogP contribution >= 0.6 is 0 Å². The summed E-state index contributed by atoms with van der Waals surface area (Å²) < 4.78 is 0. The third-order valence-corrected chi connectivity index (χ3v) is 1.26. The number of aliphatic hydroxyl groups excluding tert-OH is 1. The second-order valence-corrected chi connectivity index (χ2v) is 2.19. The van der Waals surface area contributed by atoms with Crippen molar-refractivity contribution in [3.8, 4) is 0 Å². The van der Waals surface area contributed by atoms with Crippen molar-refractivity contribution in [1.82, 2.24) is 0 Å². The highest BCUT2D eigenvalue weighted by Crippen LogP contribution is 1.99. The van der Waals surface area contributed by atoms with Gasteiger partial charge in [-0.3, -0.25) is 5.32 Å². The zero-order valence-electron chi connectivity index (χ0n) is 6.17. The molecule has 60 valence electrons. The molecule has 1 rings (SSSR count). The molecule has 1 heterocycles. The fourth-order valence-corrected chi connectivity index (χ4v) is 0.737. The Morgan fingerprint density at radius 2 is 2.36 bits per heavy atom. The molecule has 0 aliphatic carbocycles. The minimum Gasteiger partial charge on any atom is -0.396 e. The first-order valence-electron chi connectivity index (χ1n) is 3.45. The molecule has 1 aromatic rings. The van der Waals surface area contributed by atoms with Crippen LogP contribution in [0.1, 0.15) is 0 Å². The van der Waals surface area contributed by atoms with Gasteiger partial charge in [0.15, 0.2) is 0 Å². The number of aliphatic hydroxyl groups is 1. The number of anilines is 2. The minimum absolute atomic E-state index is 0.123. The van der Waals surface area contributed by atoms with Gasteiger partial charge in [0.05, 0.1) is 12.3 Å². The summed E-state index contributed by atoms with van der Waals surface area (Å²) in [5.41, 5.74) is 6.14. The Morgan fingerprint density at radius 1 is 1.55 bits per heavy atom. The lowest BCUT2D eigenvalue weighted by molar-refractivity contribution is -0.360. The topological polar surface area (TPSA) is 72.4 Å². The number of hydrogen-bond donors (Lipinski definition) is 3. The Balaban J connectivity index is 2.52. The lowest BCUT2D eigenvalue weighted by Crippen LogP contribution is -2.15. The molecule has 0 bridgehead atoms. The van der Waals surface area contributed by atoms with E-state index in [0.29, 0.717) is 12.2 Å². The van der Waals surface area contributed by atoms with E-state index < -0.39 is 0 Å². The van der Waals surface area contributed by atoms with Crippen LogP contribution in [-0.4, -0.2) is 18.3 Å². The van der Waals surface area contributed by atoms with Crippen LogP contribution in [0.5, 0.6) is 0 Å². The molecule has 11 heavy (non-hydrogen) atoms. The third-order valence-electron chi connectivity index (χ3n) is 1.26. The summed E-state index contributed by atoms with van der Waals surface area (Å²) in [6.07, 6.45) is 1.69. The van der Waals surface area contributed by atoms with Crippen LogP contribution in [0.15, 0.2) is 18.3 Å². The van der Waals surface area contributed by atoms with Crippen LogP contribution in [0.4, 0.5) is 11.5 Å². The molecule has 0 atom stereocenters. The predicted molar refractivity (Wildman–Crippen MR) is 43.0 cm³/mol. The minimum atomic E-state index is 0.123. The third kappa shape index (κ3) is 2.43. The van der Waals surface area contributed by atoms with E-state index in [4.69, 9.17) is 10.8 Å².